The summed E-state index contributed by atoms with van der Waals surface area (Å²) in [6.07, 6.45) is -0.243. The first kappa shape index (κ1) is 14.6. The lowest BCUT2D eigenvalue weighted by Gasteiger charge is -2.24. The molecule has 0 bridgehead atoms. The standard InChI is InChI=1S/C16H15F3O/c1-16(20,9-11-5-2-3-6-13(11)17)10-12-14(18)7-4-8-15(12)19/h2-8,20H,9-10H2,1H3. The Morgan fingerprint density at radius 2 is 1.40 bits per heavy atom. The maximum absolute atomic E-state index is 13.6. The van der Waals surface area contributed by atoms with Gasteiger partial charge in [0.2, 0.25) is 0 Å². The van der Waals surface area contributed by atoms with Gasteiger partial charge in [0.25, 0.3) is 0 Å². The molecule has 2 rings (SSSR count). The van der Waals surface area contributed by atoms with E-state index in [9.17, 15) is 18.3 Å². The van der Waals surface area contributed by atoms with Gasteiger partial charge in [0.05, 0.1) is 5.60 Å². The second-order valence-electron chi connectivity index (χ2n) is 5.14. The van der Waals surface area contributed by atoms with Crippen LogP contribution in [0.15, 0.2) is 42.5 Å². The van der Waals surface area contributed by atoms with E-state index in [1.807, 2.05) is 0 Å². The van der Waals surface area contributed by atoms with Crippen LogP contribution in [-0.2, 0) is 12.8 Å². The van der Waals surface area contributed by atoms with E-state index >= 15 is 0 Å². The van der Waals surface area contributed by atoms with Crippen molar-refractivity contribution in [3.05, 3.63) is 71.0 Å². The highest BCUT2D eigenvalue weighted by molar-refractivity contribution is 5.24. The number of halogens is 3. The highest BCUT2D eigenvalue weighted by atomic mass is 19.1. The van der Waals surface area contributed by atoms with E-state index in [4.69, 9.17) is 0 Å². The smallest absolute Gasteiger partial charge is 0.129 e. The first-order valence-corrected chi connectivity index (χ1v) is 6.28. The molecule has 2 aromatic carbocycles. The average Bonchev–Trinajstić information content (AvgIpc) is 2.37. The van der Waals surface area contributed by atoms with Crippen molar-refractivity contribution in [2.45, 2.75) is 25.4 Å². The van der Waals surface area contributed by atoms with Crippen LogP contribution < -0.4 is 0 Å². The van der Waals surface area contributed by atoms with Gasteiger partial charge in [-0.3, -0.25) is 0 Å². The Morgan fingerprint density at radius 1 is 0.850 bits per heavy atom. The molecule has 2 aromatic rings. The van der Waals surface area contributed by atoms with Crippen LogP contribution >= 0.6 is 0 Å². The van der Waals surface area contributed by atoms with Gasteiger partial charge >= 0.3 is 0 Å². The molecule has 1 nitrogen and oxygen atoms in total. The molecule has 0 spiro atoms. The molecule has 0 aliphatic rings. The summed E-state index contributed by atoms with van der Waals surface area (Å²) in [6, 6.07) is 9.56. The van der Waals surface area contributed by atoms with Gasteiger partial charge in [0, 0.05) is 18.4 Å². The van der Waals surface area contributed by atoms with Crippen molar-refractivity contribution < 1.29 is 18.3 Å². The minimum atomic E-state index is -1.44. The minimum absolute atomic E-state index is 0.0204. The molecule has 4 heteroatoms. The number of aliphatic hydroxyl groups is 1. The second kappa shape index (κ2) is 5.67. The third-order valence-corrected chi connectivity index (χ3v) is 3.15. The molecule has 1 unspecified atom stereocenters. The number of rotatable bonds is 4. The van der Waals surface area contributed by atoms with E-state index in [2.05, 4.69) is 0 Å². The van der Waals surface area contributed by atoms with Gasteiger partial charge in [-0.2, -0.15) is 0 Å². The fourth-order valence-electron chi connectivity index (χ4n) is 2.20. The molecule has 1 atom stereocenters. The van der Waals surface area contributed by atoms with Gasteiger partial charge in [-0.25, -0.2) is 13.2 Å². The zero-order chi connectivity index (χ0) is 14.8. The van der Waals surface area contributed by atoms with Gasteiger partial charge in [0.15, 0.2) is 0 Å². The first-order chi connectivity index (χ1) is 9.39. The number of hydrogen-bond acceptors (Lipinski definition) is 1. The summed E-state index contributed by atoms with van der Waals surface area (Å²) in [4.78, 5) is 0. The highest BCUT2D eigenvalue weighted by Gasteiger charge is 2.26. The van der Waals surface area contributed by atoms with Crippen LogP contribution in [0.4, 0.5) is 13.2 Å². The first-order valence-electron chi connectivity index (χ1n) is 6.28. The highest BCUT2D eigenvalue weighted by Crippen LogP contribution is 2.23. The van der Waals surface area contributed by atoms with Crippen molar-refractivity contribution in [3.63, 3.8) is 0 Å². The lowest BCUT2D eigenvalue weighted by Crippen LogP contribution is -2.31. The topological polar surface area (TPSA) is 20.2 Å². The summed E-state index contributed by atoms with van der Waals surface area (Å²) in [5.74, 6) is -1.86. The van der Waals surface area contributed by atoms with E-state index in [1.165, 1.54) is 19.1 Å². The molecule has 0 heterocycles. The largest absolute Gasteiger partial charge is 0.389 e. The number of hydrogen-bond donors (Lipinski definition) is 1. The Labute approximate surface area is 115 Å². The van der Waals surface area contributed by atoms with E-state index in [0.29, 0.717) is 5.56 Å². The Hall–Kier alpha value is -1.81. The molecular formula is C16H15F3O. The maximum atomic E-state index is 13.6. The molecule has 0 saturated heterocycles. The molecule has 0 amide bonds. The number of benzene rings is 2. The lowest BCUT2D eigenvalue weighted by atomic mass is 9.89. The molecule has 0 aliphatic heterocycles. The zero-order valence-electron chi connectivity index (χ0n) is 11.0. The quantitative estimate of drug-likeness (QED) is 0.906. The van der Waals surface area contributed by atoms with E-state index in [1.54, 1.807) is 18.2 Å². The van der Waals surface area contributed by atoms with Gasteiger partial charge in [0.1, 0.15) is 17.5 Å². The fourth-order valence-corrected chi connectivity index (χ4v) is 2.20. The summed E-state index contributed by atoms with van der Waals surface area (Å²) < 4.78 is 40.7. The van der Waals surface area contributed by atoms with Crippen molar-refractivity contribution in [1.82, 2.24) is 0 Å². The van der Waals surface area contributed by atoms with Crippen LogP contribution in [0, 0.1) is 17.5 Å². The fraction of sp³-hybridized carbons (Fsp3) is 0.250. The minimum Gasteiger partial charge on any atom is -0.389 e. The van der Waals surface area contributed by atoms with Crippen molar-refractivity contribution in [3.8, 4) is 0 Å². The molecular weight excluding hydrogens is 265 g/mol. The van der Waals surface area contributed by atoms with E-state index in [0.717, 1.165) is 12.1 Å². The maximum Gasteiger partial charge on any atom is 0.129 e. The third-order valence-electron chi connectivity index (χ3n) is 3.15. The normalized spacial score (nSPS) is 14.1. The Balaban J connectivity index is 2.21. The summed E-state index contributed by atoms with van der Waals surface area (Å²) >= 11 is 0. The Bertz CT molecular complexity index is 588. The van der Waals surface area contributed by atoms with E-state index in [-0.39, 0.29) is 18.4 Å². The van der Waals surface area contributed by atoms with Crippen LogP contribution in [0.1, 0.15) is 18.1 Å². The van der Waals surface area contributed by atoms with Crippen LogP contribution in [0.5, 0.6) is 0 Å². The third kappa shape index (κ3) is 3.39. The monoisotopic (exact) mass is 280 g/mol. The Morgan fingerprint density at radius 3 is 2.00 bits per heavy atom. The van der Waals surface area contributed by atoms with Crippen molar-refractivity contribution in [2.75, 3.05) is 0 Å². The summed E-state index contributed by atoms with van der Waals surface area (Å²) in [7, 11) is 0. The molecule has 0 radical (unpaired) electrons. The van der Waals surface area contributed by atoms with Crippen molar-refractivity contribution in [1.29, 1.82) is 0 Å². The average molecular weight is 280 g/mol. The summed E-state index contributed by atoms with van der Waals surface area (Å²) in [5, 5.41) is 10.3. The summed E-state index contributed by atoms with van der Waals surface area (Å²) in [5.41, 5.74) is -1.31. The van der Waals surface area contributed by atoms with Crippen LogP contribution in [-0.4, -0.2) is 10.7 Å². The molecule has 20 heavy (non-hydrogen) atoms. The molecule has 0 saturated carbocycles. The zero-order valence-corrected chi connectivity index (χ0v) is 11.0. The van der Waals surface area contributed by atoms with Gasteiger partial charge in [-0.05, 0) is 30.7 Å². The Kier molecular flexibility index (Phi) is 4.14. The van der Waals surface area contributed by atoms with Crippen LogP contribution in [0.25, 0.3) is 0 Å². The second-order valence-corrected chi connectivity index (χ2v) is 5.14. The predicted molar refractivity (Wildman–Crippen MR) is 70.8 cm³/mol. The molecule has 0 aromatic heterocycles. The van der Waals surface area contributed by atoms with Crippen LogP contribution in [0.2, 0.25) is 0 Å². The summed E-state index contributed by atoms with van der Waals surface area (Å²) in [6.45, 7) is 1.44. The van der Waals surface area contributed by atoms with Gasteiger partial charge < -0.3 is 5.11 Å². The van der Waals surface area contributed by atoms with Gasteiger partial charge in [-0.15, -0.1) is 0 Å². The SMILES string of the molecule is CC(O)(Cc1ccccc1F)Cc1c(F)cccc1F. The lowest BCUT2D eigenvalue weighted by molar-refractivity contribution is 0.0580. The molecule has 0 fully saturated rings. The molecule has 1 N–H and O–H groups in total. The van der Waals surface area contributed by atoms with Crippen molar-refractivity contribution >= 4 is 0 Å². The molecule has 0 aliphatic carbocycles. The molecule has 106 valence electrons. The van der Waals surface area contributed by atoms with Crippen molar-refractivity contribution in [2.24, 2.45) is 0 Å². The van der Waals surface area contributed by atoms with E-state index < -0.39 is 23.1 Å². The predicted octanol–water partition coefficient (Wildman–Crippen LogP) is 3.64. The van der Waals surface area contributed by atoms with Crippen LogP contribution in [0.3, 0.4) is 0 Å². The van der Waals surface area contributed by atoms with Gasteiger partial charge in [-0.1, -0.05) is 24.3 Å².